The summed E-state index contributed by atoms with van der Waals surface area (Å²) in [7, 11) is 0. The van der Waals surface area contributed by atoms with Crippen molar-refractivity contribution in [1.29, 1.82) is 0 Å². The van der Waals surface area contributed by atoms with E-state index in [-0.39, 0.29) is 22.9 Å². The Morgan fingerprint density at radius 3 is 1.53 bits per heavy atom. The minimum absolute atomic E-state index is 0.0279. The van der Waals surface area contributed by atoms with E-state index in [0.29, 0.717) is 10.1 Å². The van der Waals surface area contributed by atoms with Crippen LogP contribution in [0.15, 0.2) is 44.4 Å². The van der Waals surface area contributed by atoms with Crippen molar-refractivity contribution >= 4 is 46.4 Å². The zero-order valence-electron chi connectivity index (χ0n) is 9.54. The van der Waals surface area contributed by atoms with Crippen LogP contribution in [-0.2, 0) is 4.74 Å². The van der Waals surface area contributed by atoms with Crippen molar-refractivity contribution in [3.8, 4) is 0 Å². The van der Waals surface area contributed by atoms with E-state index < -0.39 is 11.6 Å². The summed E-state index contributed by atoms with van der Waals surface area (Å²) in [5.41, 5.74) is 0. The predicted octanol–water partition coefficient (Wildman–Crippen LogP) is 3.68. The molecule has 0 heterocycles. The Morgan fingerprint density at radius 1 is 0.842 bits per heavy atom. The van der Waals surface area contributed by atoms with Crippen molar-refractivity contribution in [3.63, 3.8) is 0 Å². The third kappa shape index (κ3) is 3.99. The number of hydrogen-bond donors (Lipinski definition) is 2. The minimum atomic E-state index is -1.82. The molecule has 19 heavy (non-hydrogen) atoms. The van der Waals surface area contributed by atoms with Crippen LogP contribution in [0.1, 0.15) is 12.8 Å². The molecule has 0 radical (unpaired) electrons. The second-order valence-corrected chi connectivity index (χ2v) is 6.23. The lowest BCUT2D eigenvalue weighted by atomic mass is 10.0. The molecule has 2 N–H and O–H groups in total. The molecule has 2 atom stereocenters. The average Bonchev–Trinajstić information content (AvgIpc) is 2.08. The Hall–Kier alpha value is -0.000000000000000111. The van der Waals surface area contributed by atoms with E-state index in [2.05, 4.69) is 0 Å². The molecule has 2 unspecified atom stereocenters. The molecule has 0 amide bonds. The van der Waals surface area contributed by atoms with Gasteiger partial charge in [0.1, 0.15) is 0 Å². The summed E-state index contributed by atoms with van der Waals surface area (Å²) in [6.45, 7) is 0. The summed E-state index contributed by atoms with van der Waals surface area (Å²) in [6.07, 6.45) is 5.43. The Kier molecular flexibility index (Phi) is 4.38. The van der Waals surface area contributed by atoms with Gasteiger partial charge in [-0.2, -0.15) is 0 Å². The Labute approximate surface area is 130 Å². The van der Waals surface area contributed by atoms with E-state index in [9.17, 15) is 10.2 Å². The maximum atomic E-state index is 10.3. The number of aliphatic hydroxyl groups is 2. The third-order valence-corrected chi connectivity index (χ3v) is 3.44. The SMILES string of the molecule is OC1(OC2(O)C=C(Cl)C=C(Cl)C2)C=C(Cl)C=C(Cl)C1. The van der Waals surface area contributed by atoms with Crippen LogP contribution in [0.3, 0.4) is 0 Å². The fraction of sp³-hybridized carbons (Fsp3) is 0.333. The molecule has 0 aromatic carbocycles. The first-order chi connectivity index (χ1) is 8.70. The summed E-state index contributed by atoms with van der Waals surface area (Å²) in [5.74, 6) is -3.64. The highest BCUT2D eigenvalue weighted by Crippen LogP contribution is 2.38. The first-order valence-corrected chi connectivity index (χ1v) is 6.85. The summed E-state index contributed by atoms with van der Waals surface area (Å²) in [6, 6.07) is 0. The molecule has 0 spiro atoms. The highest BCUT2D eigenvalue weighted by Gasteiger charge is 2.40. The van der Waals surface area contributed by atoms with Gasteiger partial charge in [0.2, 0.25) is 0 Å². The van der Waals surface area contributed by atoms with E-state index in [4.69, 9.17) is 51.1 Å². The fourth-order valence-electron chi connectivity index (χ4n) is 1.94. The number of allylic oxidation sites excluding steroid dienone is 4. The molecule has 7 heteroatoms. The van der Waals surface area contributed by atoms with E-state index in [1.165, 1.54) is 24.3 Å². The topological polar surface area (TPSA) is 49.7 Å². The Bertz CT molecular complexity index is 477. The highest BCUT2D eigenvalue weighted by atomic mass is 35.5. The van der Waals surface area contributed by atoms with Gasteiger partial charge in [0.05, 0.1) is 0 Å². The van der Waals surface area contributed by atoms with Crippen molar-refractivity contribution in [2.45, 2.75) is 24.4 Å². The van der Waals surface area contributed by atoms with Gasteiger partial charge in [-0.25, -0.2) is 0 Å². The van der Waals surface area contributed by atoms with E-state index >= 15 is 0 Å². The molecule has 3 nitrogen and oxygen atoms in total. The largest absolute Gasteiger partial charge is 0.362 e. The Morgan fingerprint density at radius 2 is 1.21 bits per heavy atom. The summed E-state index contributed by atoms with van der Waals surface area (Å²) >= 11 is 23.3. The lowest BCUT2D eigenvalue weighted by molar-refractivity contribution is -0.290. The number of rotatable bonds is 2. The quantitative estimate of drug-likeness (QED) is 0.752. The molecule has 104 valence electrons. The summed E-state index contributed by atoms with van der Waals surface area (Å²) in [5, 5.41) is 21.7. The molecule has 0 saturated heterocycles. The molecule has 0 saturated carbocycles. The van der Waals surface area contributed by atoms with Crippen molar-refractivity contribution in [3.05, 3.63) is 44.4 Å². The normalized spacial score (nSPS) is 35.3. The highest BCUT2D eigenvalue weighted by molar-refractivity contribution is 6.35. The summed E-state index contributed by atoms with van der Waals surface area (Å²) < 4.78 is 5.33. The third-order valence-electron chi connectivity index (χ3n) is 2.51. The predicted molar refractivity (Wildman–Crippen MR) is 76.0 cm³/mol. The number of halogens is 4. The van der Waals surface area contributed by atoms with Crippen molar-refractivity contribution in [1.82, 2.24) is 0 Å². The van der Waals surface area contributed by atoms with Crippen LogP contribution in [0, 0.1) is 0 Å². The van der Waals surface area contributed by atoms with Crippen LogP contribution >= 0.6 is 46.4 Å². The second kappa shape index (κ2) is 5.41. The number of hydrogen-bond acceptors (Lipinski definition) is 3. The molecule has 0 bridgehead atoms. The zero-order valence-corrected chi connectivity index (χ0v) is 12.6. The molecule has 0 aromatic rings. The van der Waals surface area contributed by atoms with E-state index in [1.54, 1.807) is 0 Å². The number of ether oxygens (including phenoxy) is 1. The zero-order chi connectivity index (χ0) is 14.3. The van der Waals surface area contributed by atoms with Crippen LogP contribution in [0.2, 0.25) is 0 Å². The molecular weight excluding hydrogens is 334 g/mol. The standard InChI is InChI=1S/C12H10Cl4O3/c13-7-1-8(14)4-11(17,3-7)19-12(18)5-9(15)2-10(16)6-12/h1-3,5,17-18H,4,6H2. The van der Waals surface area contributed by atoms with Gasteiger partial charge in [0, 0.05) is 33.0 Å². The minimum Gasteiger partial charge on any atom is -0.362 e. The van der Waals surface area contributed by atoms with Crippen LogP contribution in [-0.4, -0.2) is 21.8 Å². The van der Waals surface area contributed by atoms with Crippen LogP contribution in [0.5, 0.6) is 0 Å². The molecule has 2 rings (SSSR count). The second-order valence-electron chi connectivity index (χ2n) is 4.39. The monoisotopic (exact) mass is 342 g/mol. The Balaban J connectivity index is 2.22. The van der Waals surface area contributed by atoms with Crippen molar-refractivity contribution in [2.75, 3.05) is 0 Å². The van der Waals surface area contributed by atoms with Crippen LogP contribution in [0.4, 0.5) is 0 Å². The van der Waals surface area contributed by atoms with Gasteiger partial charge in [-0.1, -0.05) is 46.4 Å². The van der Waals surface area contributed by atoms with E-state index in [1.807, 2.05) is 0 Å². The smallest absolute Gasteiger partial charge is 0.195 e. The maximum Gasteiger partial charge on any atom is 0.195 e. The van der Waals surface area contributed by atoms with Crippen molar-refractivity contribution < 1.29 is 14.9 Å². The molecule has 0 fully saturated rings. The van der Waals surface area contributed by atoms with Crippen LogP contribution < -0.4 is 0 Å². The first-order valence-electron chi connectivity index (χ1n) is 5.34. The summed E-state index contributed by atoms with van der Waals surface area (Å²) in [4.78, 5) is 0. The van der Waals surface area contributed by atoms with Gasteiger partial charge < -0.3 is 14.9 Å². The van der Waals surface area contributed by atoms with Gasteiger partial charge in [0.25, 0.3) is 0 Å². The molecule has 0 aliphatic heterocycles. The molecule has 2 aliphatic carbocycles. The molecule has 0 aromatic heterocycles. The van der Waals surface area contributed by atoms with Gasteiger partial charge in [0.15, 0.2) is 11.6 Å². The van der Waals surface area contributed by atoms with E-state index in [0.717, 1.165) is 0 Å². The lowest BCUT2D eigenvalue weighted by Gasteiger charge is -2.37. The van der Waals surface area contributed by atoms with Gasteiger partial charge in [-0.05, 0) is 24.3 Å². The average molecular weight is 344 g/mol. The van der Waals surface area contributed by atoms with Gasteiger partial charge in [-0.15, -0.1) is 0 Å². The fourth-order valence-corrected chi connectivity index (χ4v) is 3.27. The van der Waals surface area contributed by atoms with Gasteiger partial charge >= 0.3 is 0 Å². The van der Waals surface area contributed by atoms with Crippen molar-refractivity contribution in [2.24, 2.45) is 0 Å². The van der Waals surface area contributed by atoms with Crippen LogP contribution in [0.25, 0.3) is 0 Å². The first kappa shape index (κ1) is 15.4. The lowest BCUT2D eigenvalue weighted by Crippen LogP contribution is -2.44. The molecular formula is C12H10Cl4O3. The maximum absolute atomic E-state index is 10.3. The van der Waals surface area contributed by atoms with Gasteiger partial charge in [-0.3, -0.25) is 0 Å². The molecule has 2 aliphatic rings.